The molecule has 0 aliphatic carbocycles. The third-order valence-electron chi connectivity index (χ3n) is 8.87. The molecule has 9 rings (SSSR count). The average molecular weight is 523 g/mol. The molecule has 1 heteroatoms. The van der Waals surface area contributed by atoms with E-state index in [0.717, 1.165) is 16.5 Å². The Morgan fingerprint density at radius 1 is 0.293 bits per heavy atom. The summed E-state index contributed by atoms with van der Waals surface area (Å²) < 4.78 is 14.9. The maximum absolute atomic E-state index is 14.9. The maximum atomic E-state index is 14.9. The average Bonchev–Trinajstić information content (AvgIpc) is 3.03. The van der Waals surface area contributed by atoms with E-state index in [1.54, 1.807) is 6.07 Å². The van der Waals surface area contributed by atoms with Crippen LogP contribution in [0.2, 0.25) is 0 Å². The molecule has 0 atom stereocenters. The van der Waals surface area contributed by atoms with Crippen molar-refractivity contribution in [1.82, 2.24) is 0 Å². The second kappa shape index (κ2) is 8.36. The molecule has 0 fully saturated rings. The third-order valence-corrected chi connectivity index (χ3v) is 8.87. The first-order chi connectivity index (χ1) is 20.3. The van der Waals surface area contributed by atoms with Gasteiger partial charge < -0.3 is 0 Å². The zero-order valence-electron chi connectivity index (χ0n) is 22.2. The molecule has 41 heavy (non-hydrogen) atoms. The monoisotopic (exact) mass is 522 g/mol. The zero-order valence-corrected chi connectivity index (χ0v) is 22.2. The number of rotatable bonds is 2. The molecule has 190 valence electrons. The van der Waals surface area contributed by atoms with Crippen LogP contribution in [0.15, 0.2) is 140 Å². The van der Waals surface area contributed by atoms with E-state index in [2.05, 4.69) is 103 Å². The highest BCUT2D eigenvalue weighted by molar-refractivity contribution is 6.30. The number of halogens is 1. The summed E-state index contributed by atoms with van der Waals surface area (Å²) in [6, 6.07) is 48.9. The van der Waals surface area contributed by atoms with E-state index in [1.807, 2.05) is 30.3 Å². The summed E-state index contributed by atoms with van der Waals surface area (Å²) in [5.41, 5.74) is 4.67. The summed E-state index contributed by atoms with van der Waals surface area (Å²) in [5, 5.41) is 14.0. The topological polar surface area (TPSA) is 0 Å². The van der Waals surface area contributed by atoms with Crippen LogP contribution < -0.4 is 0 Å². The van der Waals surface area contributed by atoms with Gasteiger partial charge in [0.1, 0.15) is 5.82 Å². The molecular formula is C40H23F. The van der Waals surface area contributed by atoms with Crippen molar-refractivity contribution in [2.75, 3.05) is 0 Å². The predicted octanol–water partition coefficient (Wildman–Crippen LogP) is 11.5. The Balaban J connectivity index is 1.47. The Morgan fingerprint density at radius 3 is 1.34 bits per heavy atom. The van der Waals surface area contributed by atoms with Gasteiger partial charge >= 0.3 is 0 Å². The van der Waals surface area contributed by atoms with E-state index in [0.29, 0.717) is 5.39 Å². The Morgan fingerprint density at radius 2 is 0.732 bits per heavy atom. The van der Waals surface area contributed by atoms with E-state index in [1.165, 1.54) is 65.0 Å². The summed E-state index contributed by atoms with van der Waals surface area (Å²) in [6.45, 7) is 0. The second-order valence-electron chi connectivity index (χ2n) is 11.0. The standard InChI is InChI=1S/C40H23F/c41-36-23-22-33(27-10-1-2-11-28(27)36)39-29-12-3-5-14-31(29)40(32-15-6-4-13-30(32)39)35-21-19-26-17-16-24-8-7-9-25-18-20-34(35)38(26)37(24)25/h1-23H. The van der Waals surface area contributed by atoms with Crippen LogP contribution in [-0.2, 0) is 0 Å². The molecular weight excluding hydrogens is 499 g/mol. The molecule has 0 amide bonds. The molecule has 0 N–H and O–H groups in total. The van der Waals surface area contributed by atoms with E-state index < -0.39 is 0 Å². The van der Waals surface area contributed by atoms with Crippen molar-refractivity contribution in [3.05, 3.63) is 145 Å². The summed E-state index contributed by atoms with van der Waals surface area (Å²) in [7, 11) is 0. The fraction of sp³-hybridized carbons (Fsp3) is 0. The Bertz CT molecular complexity index is 2410. The molecule has 0 nitrogen and oxygen atoms in total. The van der Waals surface area contributed by atoms with Crippen LogP contribution in [-0.4, -0.2) is 0 Å². The fourth-order valence-electron chi connectivity index (χ4n) is 7.14. The quantitative estimate of drug-likeness (QED) is 0.156. The molecule has 0 bridgehead atoms. The minimum Gasteiger partial charge on any atom is -0.206 e. The minimum atomic E-state index is -0.191. The van der Waals surface area contributed by atoms with Crippen LogP contribution >= 0.6 is 0 Å². The van der Waals surface area contributed by atoms with Gasteiger partial charge in [-0.3, -0.25) is 0 Å². The van der Waals surface area contributed by atoms with Gasteiger partial charge in [0.15, 0.2) is 0 Å². The first kappa shape index (κ1) is 22.5. The summed E-state index contributed by atoms with van der Waals surface area (Å²) in [4.78, 5) is 0. The third kappa shape index (κ3) is 3.09. The van der Waals surface area contributed by atoms with Crippen LogP contribution in [0, 0.1) is 5.82 Å². The first-order valence-corrected chi connectivity index (χ1v) is 14.1. The van der Waals surface area contributed by atoms with Gasteiger partial charge in [-0.2, -0.15) is 0 Å². The van der Waals surface area contributed by atoms with Crippen LogP contribution in [0.1, 0.15) is 0 Å². The zero-order chi connectivity index (χ0) is 27.1. The molecule has 0 aliphatic rings. The maximum Gasteiger partial charge on any atom is 0.131 e. The van der Waals surface area contributed by atoms with Gasteiger partial charge in [-0.1, -0.05) is 133 Å². The lowest BCUT2D eigenvalue weighted by Crippen LogP contribution is -1.93. The lowest BCUT2D eigenvalue weighted by Gasteiger charge is -2.20. The van der Waals surface area contributed by atoms with E-state index in [-0.39, 0.29) is 5.82 Å². The highest BCUT2D eigenvalue weighted by atomic mass is 19.1. The molecule has 0 aromatic heterocycles. The molecule has 0 radical (unpaired) electrons. The van der Waals surface area contributed by atoms with Crippen molar-refractivity contribution in [3.8, 4) is 22.3 Å². The molecule has 9 aromatic carbocycles. The first-order valence-electron chi connectivity index (χ1n) is 14.1. The SMILES string of the molecule is Fc1ccc(-c2c3ccccc3c(-c3ccc4ccc5cccc6ccc3c4c56)c3ccccc23)c2ccccc12. The molecule has 0 heterocycles. The number of hydrogen-bond donors (Lipinski definition) is 0. The van der Waals surface area contributed by atoms with Crippen LogP contribution in [0.5, 0.6) is 0 Å². The van der Waals surface area contributed by atoms with Gasteiger partial charge in [-0.15, -0.1) is 0 Å². The second-order valence-corrected chi connectivity index (χ2v) is 11.0. The summed E-state index contributed by atoms with van der Waals surface area (Å²) in [5.74, 6) is -0.191. The highest BCUT2D eigenvalue weighted by Crippen LogP contribution is 2.48. The van der Waals surface area contributed by atoms with Crippen molar-refractivity contribution in [2.24, 2.45) is 0 Å². The fourth-order valence-corrected chi connectivity index (χ4v) is 7.14. The van der Waals surface area contributed by atoms with E-state index >= 15 is 0 Å². The number of fused-ring (bicyclic) bond motifs is 3. The van der Waals surface area contributed by atoms with Gasteiger partial charge in [0.25, 0.3) is 0 Å². The van der Waals surface area contributed by atoms with Crippen LogP contribution in [0.4, 0.5) is 4.39 Å². The van der Waals surface area contributed by atoms with Crippen LogP contribution in [0.25, 0.3) is 86.9 Å². The normalized spacial score (nSPS) is 12.0. The smallest absolute Gasteiger partial charge is 0.131 e. The molecule has 0 aliphatic heterocycles. The molecule has 0 spiro atoms. The van der Waals surface area contributed by atoms with Gasteiger partial charge in [0, 0.05) is 5.39 Å². The van der Waals surface area contributed by atoms with E-state index in [9.17, 15) is 4.39 Å². The molecule has 0 unspecified atom stereocenters. The van der Waals surface area contributed by atoms with E-state index in [4.69, 9.17) is 0 Å². The van der Waals surface area contributed by atoms with Crippen molar-refractivity contribution < 1.29 is 4.39 Å². The largest absolute Gasteiger partial charge is 0.206 e. The Hall–Kier alpha value is -5.27. The lowest BCUT2D eigenvalue weighted by atomic mass is 9.82. The summed E-state index contributed by atoms with van der Waals surface area (Å²) in [6.07, 6.45) is 0. The minimum absolute atomic E-state index is 0.191. The lowest BCUT2D eigenvalue weighted by molar-refractivity contribution is 0.640. The van der Waals surface area contributed by atoms with Crippen molar-refractivity contribution in [1.29, 1.82) is 0 Å². The number of hydrogen-bond acceptors (Lipinski definition) is 0. The van der Waals surface area contributed by atoms with Crippen molar-refractivity contribution in [2.45, 2.75) is 0 Å². The van der Waals surface area contributed by atoms with Gasteiger partial charge in [-0.25, -0.2) is 4.39 Å². The number of benzene rings is 9. The van der Waals surface area contributed by atoms with Crippen LogP contribution in [0.3, 0.4) is 0 Å². The Kier molecular flexibility index (Phi) is 4.60. The predicted molar refractivity (Wildman–Crippen MR) is 173 cm³/mol. The van der Waals surface area contributed by atoms with Crippen molar-refractivity contribution >= 4 is 64.6 Å². The molecule has 0 saturated heterocycles. The van der Waals surface area contributed by atoms with Gasteiger partial charge in [0.2, 0.25) is 0 Å². The Labute approximate surface area is 236 Å². The van der Waals surface area contributed by atoms with Gasteiger partial charge in [-0.05, 0) is 87.6 Å². The van der Waals surface area contributed by atoms with Crippen molar-refractivity contribution in [3.63, 3.8) is 0 Å². The molecule has 9 aromatic rings. The summed E-state index contributed by atoms with van der Waals surface area (Å²) >= 11 is 0. The van der Waals surface area contributed by atoms with Gasteiger partial charge in [0.05, 0.1) is 0 Å². The molecule has 0 saturated carbocycles. The highest BCUT2D eigenvalue weighted by Gasteiger charge is 2.20.